The van der Waals surface area contributed by atoms with Gasteiger partial charge in [0.15, 0.2) is 0 Å². The van der Waals surface area contributed by atoms with Gasteiger partial charge in [-0.15, -0.1) is 0 Å². The third-order valence-corrected chi connectivity index (χ3v) is 2.93. The maximum absolute atomic E-state index is 12.1. The van der Waals surface area contributed by atoms with E-state index in [0.717, 1.165) is 5.69 Å². The highest BCUT2D eigenvalue weighted by atomic mass is 16.3. The zero-order valence-electron chi connectivity index (χ0n) is 11.4. The van der Waals surface area contributed by atoms with Crippen LogP contribution in [0.2, 0.25) is 0 Å². The predicted octanol–water partition coefficient (Wildman–Crippen LogP) is 2.29. The molecule has 1 amide bonds. The van der Waals surface area contributed by atoms with Gasteiger partial charge in [-0.3, -0.25) is 4.79 Å². The Labute approximate surface area is 117 Å². The van der Waals surface area contributed by atoms with Crippen LogP contribution in [-0.2, 0) is 0 Å². The van der Waals surface area contributed by atoms with Gasteiger partial charge >= 0.3 is 0 Å². The predicted molar refractivity (Wildman–Crippen MR) is 81.2 cm³/mol. The molecule has 0 fully saturated rings. The number of nitrogens with zero attached hydrogens (tertiary/aromatic N) is 1. The molecule has 0 heterocycles. The Morgan fingerprint density at radius 2 is 1.80 bits per heavy atom. The van der Waals surface area contributed by atoms with Gasteiger partial charge in [-0.05, 0) is 36.4 Å². The van der Waals surface area contributed by atoms with Gasteiger partial charge in [0, 0.05) is 31.4 Å². The Hall–Kier alpha value is -2.69. The van der Waals surface area contributed by atoms with Crippen molar-refractivity contribution in [3.05, 3.63) is 48.0 Å². The molecule has 5 heteroatoms. The van der Waals surface area contributed by atoms with Gasteiger partial charge in [-0.25, -0.2) is 0 Å². The Balaban J connectivity index is 2.15. The average molecular weight is 271 g/mol. The molecule has 0 saturated carbocycles. The highest BCUT2D eigenvalue weighted by molar-refractivity contribution is 6.05. The van der Waals surface area contributed by atoms with Crippen LogP contribution in [0.15, 0.2) is 42.5 Å². The van der Waals surface area contributed by atoms with Gasteiger partial charge in [0.05, 0.1) is 11.4 Å². The van der Waals surface area contributed by atoms with Crippen LogP contribution in [-0.4, -0.2) is 25.1 Å². The van der Waals surface area contributed by atoms with Crippen molar-refractivity contribution in [3.8, 4) is 5.75 Å². The highest BCUT2D eigenvalue weighted by Crippen LogP contribution is 2.24. The molecule has 4 N–H and O–H groups in total. The molecule has 20 heavy (non-hydrogen) atoms. The molecule has 104 valence electrons. The zero-order chi connectivity index (χ0) is 14.7. The fourth-order valence-electron chi connectivity index (χ4n) is 1.77. The van der Waals surface area contributed by atoms with Crippen LogP contribution in [0.5, 0.6) is 5.75 Å². The van der Waals surface area contributed by atoms with E-state index < -0.39 is 0 Å². The first-order chi connectivity index (χ1) is 9.47. The van der Waals surface area contributed by atoms with Crippen molar-refractivity contribution < 1.29 is 9.90 Å². The number of phenols is 1. The standard InChI is InChI=1S/C15H17N3O2/c1-18(2)11-5-3-10(4-6-11)15(20)17-14-8-7-12(19)9-13(14)16/h3-9,19H,16H2,1-2H3,(H,17,20). The Bertz CT molecular complexity index is 622. The summed E-state index contributed by atoms with van der Waals surface area (Å²) in [6.07, 6.45) is 0. The lowest BCUT2D eigenvalue weighted by Gasteiger charge is -2.13. The summed E-state index contributed by atoms with van der Waals surface area (Å²) >= 11 is 0. The fraction of sp³-hybridized carbons (Fsp3) is 0.133. The number of aromatic hydroxyl groups is 1. The summed E-state index contributed by atoms with van der Waals surface area (Å²) in [5.41, 5.74) is 8.09. The monoisotopic (exact) mass is 271 g/mol. The van der Waals surface area contributed by atoms with Crippen LogP contribution in [0.1, 0.15) is 10.4 Å². The van der Waals surface area contributed by atoms with Crippen LogP contribution in [0, 0.1) is 0 Å². The molecule has 0 aliphatic heterocycles. The summed E-state index contributed by atoms with van der Waals surface area (Å²) in [6, 6.07) is 11.7. The molecule has 0 aliphatic carbocycles. The number of nitrogens with one attached hydrogen (secondary N) is 1. The Kier molecular flexibility index (Phi) is 3.79. The second-order valence-corrected chi connectivity index (χ2v) is 4.67. The summed E-state index contributed by atoms with van der Waals surface area (Å²) in [4.78, 5) is 14.0. The number of amides is 1. The van der Waals surface area contributed by atoms with Crippen molar-refractivity contribution in [2.75, 3.05) is 30.0 Å². The summed E-state index contributed by atoms with van der Waals surface area (Å²) < 4.78 is 0. The van der Waals surface area contributed by atoms with Crippen molar-refractivity contribution in [2.45, 2.75) is 0 Å². The van der Waals surface area contributed by atoms with E-state index in [1.54, 1.807) is 18.2 Å². The molecule has 2 aromatic rings. The molecule has 0 unspecified atom stereocenters. The topological polar surface area (TPSA) is 78.6 Å². The third kappa shape index (κ3) is 3.00. The van der Waals surface area contributed by atoms with Gasteiger partial charge in [0.1, 0.15) is 5.75 Å². The lowest BCUT2D eigenvalue weighted by molar-refractivity contribution is 0.102. The summed E-state index contributed by atoms with van der Waals surface area (Å²) in [6.45, 7) is 0. The largest absolute Gasteiger partial charge is 0.508 e. The third-order valence-electron chi connectivity index (χ3n) is 2.93. The zero-order valence-corrected chi connectivity index (χ0v) is 11.4. The van der Waals surface area contributed by atoms with Crippen molar-refractivity contribution in [2.24, 2.45) is 0 Å². The van der Waals surface area contributed by atoms with Crippen LogP contribution in [0.4, 0.5) is 17.1 Å². The van der Waals surface area contributed by atoms with Gasteiger partial charge in [0.2, 0.25) is 0 Å². The molecule has 0 radical (unpaired) electrons. The minimum atomic E-state index is -0.243. The number of rotatable bonds is 3. The molecule has 5 nitrogen and oxygen atoms in total. The molecular formula is C15H17N3O2. The molecule has 2 rings (SSSR count). The first kappa shape index (κ1) is 13.7. The van der Waals surface area contributed by atoms with E-state index in [9.17, 15) is 9.90 Å². The number of benzene rings is 2. The van der Waals surface area contributed by atoms with Crippen molar-refractivity contribution in [1.82, 2.24) is 0 Å². The smallest absolute Gasteiger partial charge is 0.255 e. The van der Waals surface area contributed by atoms with Crippen molar-refractivity contribution in [3.63, 3.8) is 0 Å². The summed E-state index contributed by atoms with van der Waals surface area (Å²) in [5, 5.41) is 12.0. The highest BCUT2D eigenvalue weighted by Gasteiger charge is 2.08. The van der Waals surface area contributed by atoms with Gasteiger partial charge < -0.3 is 21.1 Å². The molecule has 0 bridgehead atoms. The van der Waals surface area contributed by atoms with Crippen LogP contribution in [0.25, 0.3) is 0 Å². The molecule has 0 atom stereocenters. The lowest BCUT2D eigenvalue weighted by atomic mass is 10.1. The average Bonchev–Trinajstić information content (AvgIpc) is 2.42. The van der Waals surface area contributed by atoms with Gasteiger partial charge in [-0.2, -0.15) is 0 Å². The van der Waals surface area contributed by atoms with E-state index in [-0.39, 0.29) is 11.7 Å². The first-order valence-electron chi connectivity index (χ1n) is 6.14. The number of nitrogen functional groups attached to an aromatic ring is 1. The van der Waals surface area contributed by atoms with Crippen LogP contribution >= 0.6 is 0 Å². The SMILES string of the molecule is CN(C)c1ccc(C(=O)Nc2ccc(O)cc2N)cc1. The molecule has 2 aromatic carbocycles. The maximum Gasteiger partial charge on any atom is 0.255 e. The Morgan fingerprint density at radius 3 is 2.35 bits per heavy atom. The molecule has 0 spiro atoms. The lowest BCUT2D eigenvalue weighted by Crippen LogP contribution is -2.14. The fourth-order valence-corrected chi connectivity index (χ4v) is 1.77. The number of hydrogen-bond donors (Lipinski definition) is 3. The molecule has 0 aliphatic rings. The minimum Gasteiger partial charge on any atom is -0.508 e. The number of carbonyl (C=O) groups is 1. The van der Waals surface area contributed by atoms with E-state index in [2.05, 4.69) is 5.32 Å². The van der Waals surface area contributed by atoms with E-state index in [1.165, 1.54) is 12.1 Å². The van der Waals surface area contributed by atoms with Crippen LogP contribution in [0.3, 0.4) is 0 Å². The quantitative estimate of drug-likeness (QED) is 0.591. The minimum absolute atomic E-state index is 0.0656. The van der Waals surface area contributed by atoms with E-state index in [0.29, 0.717) is 16.9 Å². The molecule has 0 aromatic heterocycles. The maximum atomic E-state index is 12.1. The number of carbonyl (C=O) groups excluding carboxylic acids is 1. The number of anilines is 3. The van der Waals surface area contributed by atoms with Gasteiger partial charge in [-0.1, -0.05) is 0 Å². The Morgan fingerprint density at radius 1 is 1.15 bits per heavy atom. The second-order valence-electron chi connectivity index (χ2n) is 4.67. The molecule has 0 saturated heterocycles. The van der Waals surface area contributed by atoms with E-state index in [1.807, 2.05) is 31.1 Å². The number of hydrogen-bond acceptors (Lipinski definition) is 4. The number of phenolic OH excluding ortho intramolecular Hbond substituents is 1. The van der Waals surface area contributed by atoms with E-state index in [4.69, 9.17) is 5.73 Å². The summed E-state index contributed by atoms with van der Waals surface area (Å²) in [5.74, 6) is -0.177. The van der Waals surface area contributed by atoms with E-state index >= 15 is 0 Å². The van der Waals surface area contributed by atoms with Crippen molar-refractivity contribution >= 4 is 23.0 Å². The number of nitrogens with two attached hydrogens (primary N) is 1. The van der Waals surface area contributed by atoms with Crippen LogP contribution < -0.4 is 16.0 Å². The molecular weight excluding hydrogens is 254 g/mol. The summed E-state index contributed by atoms with van der Waals surface area (Å²) in [7, 11) is 3.87. The second kappa shape index (κ2) is 5.52. The normalized spacial score (nSPS) is 10.1. The first-order valence-corrected chi connectivity index (χ1v) is 6.14. The van der Waals surface area contributed by atoms with Gasteiger partial charge in [0.25, 0.3) is 5.91 Å². The van der Waals surface area contributed by atoms with Crippen molar-refractivity contribution in [1.29, 1.82) is 0 Å².